The van der Waals surface area contributed by atoms with E-state index in [-0.39, 0.29) is 5.37 Å². The average Bonchev–Trinajstić information content (AvgIpc) is 1.88. The van der Waals surface area contributed by atoms with E-state index in [0.29, 0.717) is 0 Å². The van der Waals surface area contributed by atoms with Gasteiger partial charge in [0.1, 0.15) is 0 Å². The second-order valence-electron chi connectivity index (χ2n) is 2.00. The normalized spacial score (nSPS) is 13.1. The Balaban J connectivity index is 2.89. The average molecular weight is 174 g/mol. The largest absolute Gasteiger partial charge is 0.316 e. The van der Waals surface area contributed by atoms with E-state index < -0.39 is 0 Å². The Morgan fingerprint density at radius 2 is 1.80 bits per heavy atom. The van der Waals surface area contributed by atoms with Crippen LogP contribution in [0.3, 0.4) is 0 Å². The van der Waals surface area contributed by atoms with Gasteiger partial charge in [-0.15, -0.1) is 0 Å². The molecule has 10 heavy (non-hydrogen) atoms. The first-order valence-electron chi connectivity index (χ1n) is 2.89. The summed E-state index contributed by atoms with van der Waals surface area (Å²) in [4.78, 5) is 0. The van der Waals surface area contributed by atoms with Crippen LogP contribution in [0.25, 0.3) is 0 Å². The molecule has 0 fully saturated rings. The second-order valence-corrected chi connectivity index (χ2v) is 2.99. The van der Waals surface area contributed by atoms with E-state index >= 15 is 0 Å². The van der Waals surface area contributed by atoms with Crippen LogP contribution in [0.15, 0.2) is 24.3 Å². The lowest BCUT2D eigenvalue weighted by Crippen LogP contribution is -2.00. The number of halogens is 1. The molecule has 2 N–H and O–H groups in total. The molecule has 1 unspecified atom stereocenters. The summed E-state index contributed by atoms with van der Waals surface area (Å²) in [6.07, 6.45) is 0. The number of nitrogens with two attached hydrogens (primary N) is 1. The van der Waals surface area contributed by atoms with Crippen molar-refractivity contribution in [2.24, 2.45) is 5.73 Å². The molecule has 0 spiro atoms. The van der Waals surface area contributed by atoms with Crippen molar-refractivity contribution in [2.75, 3.05) is 0 Å². The van der Waals surface area contributed by atoms with Gasteiger partial charge in [0.25, 0.3) is 0 Å². The molecule has 0 saturated carbocycles. The minimum absolute atomic E-state index is 0.211. The zero-order chi connectivity index (χ0) is 7.56. The lowest BCUT2D eigenvalue weighted by molar-refractivity contribution is 1.04. The molecule has 3 heteroatoms. The van der Waals surface area contributed by atoms with Gasteiger partial charge in [-0.2, -0.15) is 12.6 Å². The van der Waals surface area contributed by atoms with E-state index in [0.717, 1.165) is 10.6 Å². The first kappa shape index (κ1) is 7.92. The van der Waals surface area contributed by atoms with Crippen molar-refractivity contribution in [1.29, 1.82) is 0 Å². The van der Waals surface area contributed by atoms with E-state index in [9.17, 15) is 0 Å². The Hall–Kier alpha value is -0.180. The monoisotopic (exact) mass is 173 g/mol. The Labute approximate surface area is 70.6 Å². The van der Waals surface area contributed by atoms with E-state index in [1.54, 1.807) is 12.1 Å². The molecule has 0 bridgehead atoms. The first-order chi connectivity index (χ1) is 4.70. The Morgan fingerprint density at radius 3 is 2.20 bits per heavy atom. The molecule has 1 nitrogen and oxygen atoms in total. The molecule has 0 radical (unpaired) electrons. The maximum absolute atomic E-state index is 5.65. The molecule has 0 saturated heterocycles. The van der Waals surface area contributed by atoms with Crippen LogP contribution >= 0.6 is 24.2 Å². The molecular weight excluding hydrogens is 166 g/mol. The van der Waals surface area contributed by atoms with Crippen LogP contribution < -0.4 is 5.73 Å². The van der Waals surface area contributed by atoms with E-state index in [1.165, 1.54) is 0 Å². The summed E-state index contributed by atoms with van der Waals surface area (Å²) in [6.45, 7) is 0. The highest BCUT2D eigenvalue weighted by atomic mass is 35.5. The zero-order valence-electron chi connectivity index (χ0n) is 5.29. The molecule has 0 aromatic heterocycles. The van der Waals surface area contributed by atoms with Crippen molar-refractivity contribution in [3.8, 4) is 0 Å². The van der Waals surface area contributed by atoms with Gasteiger partial charge < -0.3 is 5.73 Å². The van der Waals surface area contributed by atoms with Crippen LogP contribution in [0.4, 0.5) is 0 Å². The Kier molecular flexibility index (Phi) is 2.60. The third-order valence-electron chi connectivity index (χ3n) is 1.21. The highest BCUT2D eigenvalue weighted by Gasteiger charge is 1.97. The van der Waals surface area contributed by atoms with Gasteiger partial charge in [0.15, 0.2) is 0 Å². The molecule has 0 aliphatic heterocycles. The summed E-state index contributed by atoms with van der Waals surface area (Å²) in [5.41, 5.74) is 6.46. The SMILES string of the molecule is NC(S)c1ccc(Cl)cc1. The van der Waals surface area contributed by atoms with Gasteiger partial charge in [0.05, 0.1) is 5.37 Å². The molecule has 0 aliphatic carbocycles. The van der Waals surface area contributed by atoms with Gasteiger partial charge in [-0.05, 0) is 17.7 Å². The summed E-state index contributed by atoms with van der Waals surface area (Å²) in [5, 5.41) is 0.509. The van der Waals surface area contributed by atoms with Crippen molar-refractivity contribution in [1.82, 2.24) is 0 Å². The Bertz CT molecular complexity index is 207. The number of hydrogen-bond donors (Lipinski definition) is 2. The van der Waals surface area contributed by atoms with Crippen molar-refractivity contribution < 1.29 is 0 Å². The molecule has 1 atom stereocenters. The summed E-state index contributed by atoms with van der Waals surface area (Å²) in [7, 11) is 0. The fraction of sp³-hybridized carbons (Fsp3) is 0.143. The predicted octanol–water partition coefficient (Wildman–Crippen LogP) is 2.23. The fourth-order valence-electron chi connectivity index (χ4n) is 0.660. The predicted molar refractivity (Wildman–Crippen MR) is 47.4 cm³/mol. The quantitative estimate of drug-likeness (QED) is 0.495. The maximum Gasteiger partial charge on any atom is 0.0734 e. The third-order valence-corrected chi connectivity index (χ3v) is 1.76. The van der Waals surface area contributed by atoms with Crippen LogP contribution in [-0.4, -0.2) is 0 Å². The molecule has 1 rings (SSSR count). The number of hydrogen-bond acceptors (Lipinski definition) is 2. The summed E-state index contributed by atoms with van der Waals surface area (Å²) in [5.74, 6) is 0. The first-order valence-corrected chi connectivity index (χ1v) is 3.78. The second kappa shape index (κ2) is 3.28. The Morgan fingerprint density at radius 1 is 1.30 bits per heavy atom. The smallest absolute Gasteiger partial charge is 0.0734 e. The summed E-state index contributed by atoms with van der Waals surface area (Å²) >= 11 is 9.71. The van der Waals surface area contributed by atoms with E-state index in [2.05, 4.69) is 12.6 Å². The van der Waals surface area contributed by atoms with Crippen molar-refractivity contribution >= 4 is 24.2 Å². The van der Waals surface area contributed by atoms with E-state index in [1.807, 2.05) is 12.1 Å². The molecule has 1 aromatic carbocycles. The highest BCUT2D eigenvalue weighted by Crippen LogP contribution is 2.16. The lowest BCUT2D eigenvalue weighted by atomic mass is 10.2. The standard InChI is InChI=1S/C7H8ClNS/c8-6-3-1-5(2-4-6)7(9)10/h1-4,7,10H,9H2. The van der Waals surface area contributed by atoms with Crippen molar-refractivity contribution in [2.45, 2.75) is 5.37 Å². The maximum atomic E-state index is 5.65. The van der Waals surface area contributed by atoms with Gasteiger partial charge in [0, 0.05) is 5.02 Å². The summed E-state index contributed by atoms with van der Waals surface area (Å²) < 4.78 is 0. The van der Waals surface area contributed by atoms with Crippen LogP contribution in [0, 0.1) is 0 Å². The van der Waals surface area contributed by atoms with E-state index in [4.69, 9.17) is 17.3 Å². The molecule has 0 heterocycles. The number of thiol groups is 1. The fourth-order valence-corrected chi connectivity index (χ4v) is 0.958. The zero-order valence-corrected chi connectivity index (χ0v) is 6.94. The number of benzene rings is 1. The third kappa shape index (κ3) is 1.90. The molecule has 0 amide bonds. The number of rotatable bonds is 1. The molecular formula is C7H8ClNS. The van der Waals surface area contributed by atoms with Crippen LogP contribution in [0.5, 0.6) is 0 Å². The minimum Gasteiger partial charge on any atom is -0.316 e. The van der Waals surface area contributed by atoms with Crippen LogP contribution in [0.2, 0.25) is 5.02 Å². The topological polar surface area (TPSA) is 26.0 Å². The highest BCUT2D eigenvalue weighted by molar-refractivity contribution is 7.80. The molecule has 1 aromatic rings. The van der Waals surface area contributed by atoms with Crippen molar-refractivity contribution in [3.05, 3.63) is 34.9 Å². The van der Waals surface area contributed by atoms with Crippen molar-refractivity contribution in [3.63, 3.8) is 0 Å². The van der Waals surface area contributed by atoms with Gasteiger partial charge in [-0.3, -0.25) is 0 Å². The lowest BCUT2D eigenvalue weighted by Gasteiger charge is -2.02. The summed E-state index contributed by atoms with van der Waals surface area (Å²) in [6, 6.07) is 7.32. The minimum atomic E-state index is -0.211. The molecule has 54 valence electrons. The van der Waals surface area contributed by atoms with Crippen LogP contribution in [0.1, 0.15) is 10.9 Å². The van der Waals surface area contributed by atoms with Gasteiger partial charge in [-0.1, -0.05) is 23.7 Å². The van der Waals surface area contributed by atoms with Gasteiger partial charge in [0.2, 0.25) is 0 Å². The van der Waals surface area contributed by atoms with Crippen LogP contribution in [-0.2, 0) is 0 Å². The molecule has 0 aliphatic rings. The van der Waals surface area contributed by atoms with Gasteiger partial charge in [-0.25, -0.2) is 0 Å². The van der Waals surface area contributed by atoms with Gasteiger partial charge >= 0.3 is 0 Å².